The molecule has 0 aromatic rings. The minimum absolute atomic E-state index is 0.114. The average molecular weight is 197 g/mol. The van der Waals surface area contributed by atoms with Crippen molar-refractivity contribution in [3.8, 4) is 0 Å². The first-order valence-corrected chi connectivity index (χ1v) is 6.12. The van der Waals surface area contributed by atoms with E-state index in [4.69, 9.17) is 4.74 Å². The van der Waals surface area contributed by atoms with E-state index in [0.717, 1.165) is 5.92 Å². The average Bonchev–Trinajstić information content (AvgIpc) is 2.27. The molecular formula is C13H25O. The Morgan fingerprint density at radius 2 is 2.00 bits per heavy atom. The molecule has 0 atom stereocenters. The summed E-state index contributed by atoms with van der Waals surface area (Å²) in [4.78, 5) is 0. The zero-order chi connectivity index (χ0) is 10.4. The SMILES string of the molecule is C[CH]C1(OC)CCC(CCCC)CC1. The van der Waals surface area contributed by atoms with Crippen LogP contribution in [0.25, 0.3) is 0 Å². The molecule has 1 aliphatic carbocycles. The maximum absolute atomic E-state index is 5.63. The Bertz CT molecular complexity index is 139. The molecule has 1 nitrogen and oxygen atoms in total. The molecule has 0 heterocycles. The zero-order valence-electron chi connectivity index (χ0n) is 10.0. The minimum atomic E-state index is 0.114. The van der Waals surface area contributed by atoms with Gasteiger partial charge in [-0.2, -0.15) is 0 Å². The molecule has 0 aromatic carbocycles. The predicted molar refractivity (Wildman–Crippen MR) is 61.2 cm³/mol. The fourth-order valence-corrected chi connectivity index (χ4v) is 2.56. The van der Waals surface area contributed by atoms with Crippen LogP contribution in [-0.2, 0) is 4.74 Å². The highest BCUT2D eigenvalue weighted by molar-refractivity contribution is 4.95. The van der Waals surface area contributed by atoms with Gasteiger partial charge in [-0.1, -0.05) is 33.1 Å². The van der Waals surface area contributed by atoms with Gasteiger partial charge in [-0.3, -0.25) is 0 Å². The summed E-state index contributed by atoms with van der Waals surface area (Å²) in [5.41, 5.74) is 0.114. The van der Waals surface area contributed by atoms with Gasteiger partial charge in [0.15, 0.2) is 0 Å². The van der Waals surface area contributed by atoms with Crippen LogP contribution >= 0.6 is 0 Å². The standard InChI is InChI=1S/C13H25O/c1-4-6-7-12-8-10-13(5-2,14-3)11-9-12/h5,12H,4,6-11H2,1-3H3. The topological polar surface area (TPSA) is 9.23 Å². The van der Waals surface area contributed by atoms with Crippen LogP contribution < -0.4 is 0 Å². The van der Waals surface area contributed by atoms with Crippen LogP contribution in [0, 0.1) is 12.3 Å². The molecule has 1 rings (SSSR count). The molecule has 1 fully saturated rings. The van der Waals surface area contributed by atoms with Crippen LogP contribution in [0.1, 0.15) is 58.8 Å². The second-order valence-electron chi connectivity index (χ2n) is 4.64. The third kappa shape index (κ3) is 2.98. The van der Waals surface area contributed by atoms with E-state index in [1.54, 1.807) is 0 Å². The van der Waals surface area contributed by atoms with Crippen molar-refractivity contribution in [2.45, 2.75) is 64.4 Å². The lowest BCUT2D eigenvalue weighted by atomic mass is 9.76. The lowest BCUT2D eigenvalue weighted by molar-refractivity contribution is -0.0231. The Hall–Kier alpha value is -0.0400. The molecule has 0 unspecified atom stereocenters. The number of unbranched alkanes of at least 4 members (excludes halogenated alkanes) is 1. The van der Waals surface area contributed by atoms with Gasteiger partial charge in [-0.25, -0.2) is 0 Å². The highest BCUT2D eigenvalue weighted by atomic mass is 16.5. The molecule has 1 aliphatic rings. The summed E-state index contributed by atoms with van der Waals surface area (Å²) in [6.07, 6.45) is 11.6. The molecule has 83 valence electrons. The Labute approximate surface area is 89.2 Å². The van der Waals surface area contributed by atoms with Gasteiger partial charge in [0.1, 0.15) is 0 Å². The van der Waals surface area contributed by atoms with Gasteiger partial charge in [0, 0.05) is 7.11 Å². The smallest absolute Gasteiger partial charge is 0.0708 e. The monoisotopic (exact) mass is 197 g/mol. The van der Waals surface area contributed by atoms with Gasteiger partial charge < -0.3 is 4.74 Å². The molecule has 1 heteroatoms. The van der Waals surface area contributed by atoms with E-state index in [2.05, 4.69) is 20.3 Å². The van der Waals surface area contributed by atoms with Crippen molar-refractivity contribution in [2.24, 2.45) is 5.92 Å². The molecule has 0 saturated heterocycles. The summed E-state index contributed by atoms with van der Waals surface area (Å²) in [5, 5.41) is 0. The van der Waals surface area contributed by atoms with Gasteiger partial charge in [0.05, 0.1) is 5.60 Å². The summed E-state index contributed by atoms with van der Waals surface area (Å²) >= 11 is 0. The summed E-state index contributed by atoms with van der Waals surface area (Å²) < 4.78 is 5.63. The first-order valence-electron chi connectivity index (χ1n) is 6.12. The predicted octanol–water partition coefficient (Wildman–Crippen LogP) is 3.98. The second kappa shape index (κ2) is 5.75. The second-order valence-corrected chi connectivity index (χ2v) is 4.64. The maximum Gasteiger partial charge on any atom is 0.0708 e. The molecular weight excluding hydrogens is 172 g/mol. The van der Waals surface area contributed by atoms with Crippen molar-refractivity contribution in [1.82, 2.24) is 0 Å². The van der Waals surface area contributed by atoms with Gasteiger partial charge >= 0.3 is 0 Å². The van der Waals surface area contributed by atoms with E-state index < -0.39 is 0 Å². The fraction of sp³-hybridized carbons (Fsp3) is 0.923. The molecule has 1 saturated carbocycles. The highest BCUT2D eigenvalue weighted by Gasteiger charge is 2.33. The molecule has 14 heavy (non-hydrogen) atoms. The normalized spacial score (nSPS) is 33.2. The van der Waals surface area contributed by atoms with Gasteiger partial charge in [0.2, 0.25) is 0 Å². The quantitative estimate of drug-likeness (QED) is 0.648. The van der Waals surface area contributed by atoms with Crippen LogP contribution in [0.4, 0.5) is 0 Å². The van der Waals surface area contributed by atoms with E-state index in [0.29, 0.717) is 0 Å². The number of methoxy groups -OCH3 is 1. The molecule has 0 N–H and O–H groups in total. The summed E-state index contributed by atoms with van der Waals surface area (Å²) in [6.45, 7) is 4.41. The van der Waals surface area contributed by atoms with Crippen LogP contribution in [0.15, 0.2) is 0 Å². The summed E-state index contributed by atoms with van der Waals surface area (Å²) in [6, 6.07) is 0. The fourth-order valence-electron chi connectivity index (χ4n) is 2.56. The van der Waals surface area contributed by atoms with Crippen molar-refractivity contribution in [1.29, 1.82) is 0 Å². The molecule has 0 aliphatic heterocycles. The van der Waals surface area contributed by atoms with Crippen LogP contribution in [0.5, 0.6) is 0 Å². The lowest BCUT2D eigenvalue weighted by Gasteiger charge is -2.38. The van der Waals surface area contributed by atoms with E-state index in [1.807, 2.05) is 7.11 Å². The zero-order valence-corrected chi connectivity index (χ0v) is 10.0. The largest absolute Gasteiger partial charge is 0.378 e. The number of hydrogen-bond acceptors (Lipinski definition) is 1. The van der Waals surface area contributed by atoms with Crippen molar-refractivity contribution in [3.63, 3.8) is 0 Å². The first kappa shape index (κ1) is 12.0. The van der Waals surface area contributed by atoms with Gasteiger partial charge in [0.25, 0.3) is 0 Å². The van der Waals surface area contributed by atoms with Crippen LogP contribution in [0.3, 0.4) is 0 Å². The molecule has 0 spiro atoms. The molecule has 0 aromatic heterocycles. The van der Waals surface area contributed by atoms with E-state index in [1.165, 1.54) is 44.9 Å². The van der Waals surface area contributed by atoms with Gasteiger partial charge in [-0.15, -0.1) is 0 Å². The first-order chi connectivity index (χ1) is 6.76. The maximum atomic E-state index is 5.63. The molecule has 0 amide bonds. The summed E-state index contributed by atoms with van der Waals surface area (Å²) in [5.74, 6) is 0.971. The van der Waals surface area contributed by atoms with Crippen molar-refractivity contribution >= 4 is 0 Å². The Balaban J connectivity index is 2.29. The highest BCUT2D eigenvalue weighted by Crippen LogP contribution is 2.38. The number of rotatable bonds is 5. The lowest BCUT2D eigenvalue weighted by Crippen LogP contribution is -2.36. The van der Waals surface area contributed by atoms with E-state index in [9.17, 15) is 0 Å². The van der Waals surface area contributed by atoms with Crippen molar-refractivity contribution < 1.29 is 4.74 Å². The van der Waals surface area contributed by atoms with Crippen molar-refractivity contribution in [3.05, 3.63) is 6.42 Å². The molecule has 1 radical (unpaired) electrons. The Morgan fingerprint density at radius 1 is 1.36 bits per heavy atom. The number of hydrogen-bond donors (Lipinski definition) is 0. The third-order valence-electron chi connectivity index (χ3n) is 3.85. The Morgan fingerprint density at radius 3 is 2.43 bits per heavy atom. The molecule has 0 bridgehead atoms. The Kier molecular flexibility index (Phi) is 4.94. The summed E-state index contributed by atoms with van der Waals surface area (Å²) in [7, 11) is 1.85. The third-order valence-corrected chi connectivity index (χ3v) is 3.85. The van der Waals surface area contributed by atoms with Crippen molar-refractivity contribution in [2.75, 3.05) is 7.11 Å². The van der Waals surface area contributed by atoms with E-state index >= 15 is 0 Å². The van der Waals surface area contributed by atoms with Gasteiger partial charge in [-0.05, 0) is 38.0 Å². The van der Waals surface area contributed by atoms with Crippen LogP contribution in [0.2, 0.25) is 0 Å². The minimum Gasteiger partial charge on any atom is -0.378 e. The van der Waals surface area contributed by atoms with Crippen LogP contribution in [-0.4, -0.2) is 12.7 Å². The van der Waals surface area contributed by atoms with E-state index in [-0.39, 0.29) is 5.60 Å². The number of ether oxygens (including phenoxy) is 1.